The minimum atomic E-state index is -0.422. The third kappa shape index (κ3) is 4.35. The van der Waals surface area contributed by atoms with Gasteiger partial charge in [0.05, 0.1) is 20.3 Å². The van der Waals surface area contributed by atoms with Gasteiger partial charge in [-0.3, -0.25) is 4.79 Å². The SMILES string of the molecule is COc1ccc(C=CC(=O)NC(C)c2ccccc2F)cc1OC. The number of nitrogens with one attached hydrogen (secondary N) is 1. The zero-order valence-corrected chi connectivity index (χ0v) is 13.9. The van der Waals surface area contributed by atoms with Crippen LogP contribution in [-0.4, -0.2) is 20.1 Å². The van der Waals surface area contributed by atoms with E-state index in [4.69, 9.17) is 9.47 Å². The molecule has 0 saturated heterocycles. The molecule has 0 aliphatic rings. The summed E-state index contributed by atoms with van der Waals surface area (Å²) >= 11 is 0. The van der Waals surface area contributed by atoms with Gasteiger partial charge in [-0.2, -0.15) is 0 Å². The summed E-state index contributed by atoms with van der Waals surface area (Å²) in [5, 5.41) is 2.74. The highest BCUT2D eigenvalue weighted by Crippen LogP contribution is 2.28. The molecule has 0 aliphatic carbocycles. The van der Waals surface area contributed by atoms with Crippen molar-refractivity contribution in [3.63, 3.8) is 0 Å². The van der Waals surface area contributed by atoms with Crippen molar-refractivity contribution in [3.05, 3.63) is 65.5 Å². The van der Waals surface area contributed by atoms with Crippen molar-refractivity contribution >= 4 is 12.0 Å². The lowest BCUT2D eigenvalue weighted by Gasteiger charge is -2.13. The van der Waals surface area contributed by atoms with Gasteiger partial charge in [-0.25, -0.2) is 4.39 Å². The van der Waals surface area contributed by atoms with E-state index in [9.17, 15) is 9.18 Å². The Kier molecular flexibility index (Phi) is 5.95. The molecule has 1 amide bonds. The fourth-order valence-corrected chi connectivity index (χ4v) is 2.29. The Morgan fingerprint density at radius 1 is 1.12 bits per heavy atom. The number of hydrogen-bond donors (Lipinski definition) is 1. The van der Waals surface area contributed by atoms with Crippen molar-refractivity contribution in [1.82, 2.24) is 5.32 Å². The molecule has 1 unspecified atom stereocenters. The summed E-state index contributed by atoms with van der Waals surface area (Å²) in [6.07, 6.45) is 3.06. The van der Waals surface area contributed by atoms with E-state index in [-0.39, 0.29) is 11.7 Å². The summed E-state index contributed by atoms with van der Waals surface area (Å²) in [7, 11) is 3.11. The minimum Gasteiger partial charge on any atom is -0.493 e. The first kappa shape index (κ1) is 17.5. The van der Waals surface area contributed by atoms with Crippen LogP contribution in [0.3, 0.4) is 0 Å². The van der Waals surface area contributed by atoms with Crippen LogP contribution in [0.5, 0.6) is 11.5 Å². The molecule has 1 N–H and O–H groups in total. The number of hydrogen-bond acceptors (Lipinski definition) is 3. The zero-order chi connectivity index (χ0) is 17.5. The molecule has 0 aromatic heterocycles. The second kappa shape index (κ2) is 8.15. The van der Waals surface area contributed by atoms with Gasteiger partial charge in [0.25, 0.3) is 0 Å². The highest BCUT2D eigenvalue weighted by molar-refractivity contribution is 5.92. The largest absolute Gasteiger partial charge is 0.493 e. The van der Waals surface area contributed by atoms with E-state index in [0.29, 0.717) is 17.1 Å². The van der Waals surface area contributed by atoms with Gasteiger partial charge in [0.1, 0.15) is 5.82 Å². The van der Waals surface area contributed by atoms with Crippen LogP contribution in [-0.2, 0) is 4.79 Å². The summed E-state index contributed by atoms with van der Waals surface area (Å²) in [5.74, 6) is 0.557. The Morgan fingerprint density at radius 2 is 1.83 bits per heavy atom. The minimum absolute atomic E-state index is 0.305. The Hall–Kier alpha value is -2.82. The molecular weight excluding hydrogens is 309 g/mol. The van der Waals surface area contributed by atoms with Crippen LogP contribution < -0.4 is 14.8 Å². The van der Waals surface area contributed by atoms with Gasteiger partial charge >= 0.3 is 0 Å². The number of ether oxygens (including phenoxy) is 2. The number of carbonyl (C=O) groups excluding carboxylic acids is 1. The Morgan fingerprint density at radius 3 is 2.50 bits per heavy atom. The first-order chi connectivity index (χ1) is 11.5. The van der Waals surface area contributed by atoms with Crippen molar-refractivity contribution in [1.29, 1.82) is 0 Å². The van der Waals surface area contributed by atoms with Gasteiger partial charge in [-0.1, -0.05) is 24.3 Å². The second-order valence-electron chi connectivity index (χ2n) is 5.20. The normalized spacial score (nSPS) is 12.0. The first-order valence-electron chi connectivity index (χ1n) is 7.50. The lowest BCUT2D eigenvalue weighted by molar-refractivity contribution is -0.117. The first-order valence-corrected chi connectivity index (χ1v) is 7.50. The Bertz CT molecular complexity index is 743. The van der Waals surface area contributed by atoms with E-state index in [0.717, 1.165) is 5.56 Å². The van der Waals surface area contributed by atoms with Crippen molar-refractivity contribution < 1.29 is 18.7 Å². The molecule has 126 valence electrons. The summed E-state index contributed by atoms with van der Waals surface area (Å²) in [5.41, 5.74) is 1.24. The third-order valence-corrected chi connectivity index (χ3v) is 3.57. The number of carbonyl (C=O) groups is 1. The third-order valence-electron chi connectivity index (χ3n) is 3.57. The number of benzene rings is 2. The van der Waals surface area contributed by atoms with Crippen LogP contribution in [0, 0.1) is 5.82 Å². The van der Waals surface area contributed by atoms with Gasteiger partial charge in [-0.15, -0.1) is 0 Å². The molecule has 0 spiro atoms. The molecule has 2 aromatic carbocycles. The molecule has 1 atom stereocenters. The number of amides is 1. The van der Waals surface area contributed by atoms with E-state index < -0.39 is 6.04 Å². The fraction of sp³-hybridized carbons (Fsp3) is 0.211. The predicted octanol–water partition coefficient (Wildman–Crippen LogP) is 3.73. The highest BCUT2D eigenvalue weighted by atomic mass is 19.1. The van der Waals surface area contributed by atoms with E-state index in [1.807, 2.05) is 6.07 Å². The van der Waals surface area contributed by atoms with Crippen molar-refractivity contribution in [2.45, 2.75) is 13.0 Å². The fourth-order valence-electron chi connectivity index (χ4n) is 2.29. The van der Waals surface area contributed by atoms with Gasteiger partial charge in [0, 0.05) is 11.6 Å². The molecule has 4 nitrogen and oxygen atoms in total. The maximum atomic E-state index is 13.7. The molecule has 0 saturated carbocycles. The van der Waals surface area contributed by atoms with Crippen LogP contribution >= 0.6 is 0 Å². The van der Waals surface area contributed by atoms with E-state index >= 15 is 0 Å². The predicted molar refractivity (Wildman–Crippen MR) is 91.5 cm³/mol. The quantitative estimate of drug-likeness (QED) is 0.822. The maximum Gasteiger partial charge on any atom is 0.244 e. The molecular formula is C19H20FNO3. The summed E-state index contributed by atoms with van der Waals surface area (Å²) < 4.78 is 24.1. The number of rotatable bonds is 6. The van der Waals surface area contributed by atoms with E-state index in [1.165, 1.54) is 12.1 Å². The molecule has 24 heavy (non-hydrogen) atoms. The molecule has 2 rings (SSSR count). The molecule has 0 radical (unpaired) electrons. The number of methoxy groups -OCH3 is 2. The van der Waals surface area contributed by atoms with Crippen LogP contribution in [0.1, 0.15) is 24.1 Å². The molecule has 5 heteroatoms. The van der Waals surface area contributed by atoms with Crippen LogP contribution in [0.4, 0.5) is 4.39 Å². The Labute approximate surface area is 140 Å². The van der Waals surface area contributed by atoms with Gasteiger partial charge in [0.2, 0.25) is 5.91 Å². The zero-order valence-electron chi connectivity index (χ0n) is 13.9. The van der Waals surface area contributed by atoms with Gasteiger partial charge in [-0.05, 0) is 36.8 Å². The van der Waals surface area contributed by atoms with Gasteiger partial charge in [0.15, 0.2) is 11.5 Å². The number of halogens is 1. The van der Waals surface area contributed by atoms with E-state index in [2.05, 4.69) is 5.32 Å². The van der Waals surface area contributed by atoms with Gasteiger partial charge < -0.3 is 14.8 Å². The molecule has 2 aromatic rings. The van der Waals surface area contributed by atoms with Crippen molar-refractivity contribution in [3.8, 4) is 11.5 Å². The second-order valence-corrected chi connectivity index (χ2v) is 5.20. The maximum absolute atomic E-state index is 13.7. The monoisotopic (exact) mass is 329 g/mol. The lowest BCUT2D eigenvalue weighted by Crippen LogP contribution is -2.25. The average Bonchev–Trinajstić information content (AvgIpc) is 2.59. The average molecular weight is 329 g/mol. The molecule has 0 aliphatic heterocycles. The topological polar surface area (TPSA) is 47.6 Å². The van der Waals surface area contributed by atoms with Crippen molar-refractivity contribution in [2.24, 2.45) is 0 Å². The highest BCUT2D eigenvalue weighted by Gasteiger charge is 2.11. The molecule has 0 heterocycles. The summed E-state index contributed by atoms with van der Waals surface area (Å²) in [6, 6.07) is 11.3. The van der Waals surface area contributed by atoms with Crippen molar-refractivity contribution in [2.75, 3.05) is 14.2 Å². The molecule has 0 fully saturated rings. The lowest BCUT2D eigenvalue weighted by atomic mass is 10.1. The molecule has 0 bridgehead atoms. The van der Waals surface area contributed by atoms with Crippen LogP contribution in [0.25, 0.3) is 6.08 Å². The standard InChI is InChI=1S/C19H20FNO3/c1-13(15-6-4-5-7-16(15)20)21-19(22)11-9-14-8-10-17(23-2)18(12-14)24-3/h4-13H,1-3H3,(H,21,22). The van der Waals surface area contributed by atoms with E-state index in [1.54, 1.807) is 57.6 Å². The summed E-state index contributed by atoms with van der Waals surface area (Å²) in [6.45, 7) is 1.74. The summed E-state index contributed by atoms with van der Waals surface area (Å²) in [4.78, 5) is 12.0. The smallest absolute Gasteiger partial charge is 0.244 e. The Balaban J connectivity index is 2.04. The van der Waals surface area contributed by atoms with Crippen LogP contribution in [0.15, 0.2) is 48.5 Å². The van der Waals surface area contributed by atoms with Crippen LogP contribution in [0.2, 0.25) is 0 Å².